The van der Waals surface area contributed by atoms with Gasteiger partial charge in [-0.2, -0.15) is 0 Å². The summed E-state index contributed by atoms with van der Waals surface area (Å²) < 4.78 is 18.9. The van der Waals surface area contributed by atoms with Crippen LogP contribution in [0.5, 0.6) is 11.5 Å². The van der Waals surface area contributed by atoms with Crippen molar-refractivity contribution in [2.45, 2.75) is 32.7 Å². The number of benzene rings is 2. The number of nitrogens with one attached hydrogen (secondary N) is 1. The Balaban J connectivity index is 1.44. The minimum absolute atomic E-state index is 0.0985. The molecule has 0 radical (unpaired) electrons. The van der Waals surface area contributed by atoms with Gasteiger partial charge in [-0.25, -0.2) is 4.39 Å². The predicted octanol–water partition coefficient (Wildman–Crippen LogP) is 6.03. The largest absolute Gasteiger partial charge is 0.457 e. The van der Waals surface area contributed by atoms with Crippen LogP contribution in [0, 0.1) is 11.7 Å². The lowest BCUT2D eigenvalue weighted by Gasteiger charge is -2.19. The van der Waals surface area contributed by atoms with E-state index in [1.165, 1.54) is 18.3 Å². The number of ketones is 1. The summed E-state index contributed by atoms with van der Waals surface area (Å²) in [4.78, 5) is 34.5. The van der Waals surface area contributed by atoms with Crippen LogP contribution >= 0.6 is 0 Å². The maximum Gasteiger partial charge on any atom is 0.253 e. The van der Waals surface area contributed by atoms with Crippen molar-refractivity contribution in [3.05, 3.63) is 108 Å². The molecule has 0 saturated heterocycles. The highest BCUT2D eigenvalue weighted by Crippen LogP contribution is 2.25. The van der Waals surface area contributed by atoms with Crippen molar-refractivity contribution < 1.29 is 18.7 Å². The van der Waals surface area contributed by atoms with Gasteiger partial charge in [-0.1, -0.05) is 19.9 Å². The van der Waals surface area contributed by atoms with Crippen molar-refractivity contribution in [2.24, 2.45) is 5.92 Å². The van der Waals surface area contributed by atoms with Crippen molar-refractivity contribution in [3.63, 3.8) is 0 Å². The minimum Gasteiger partial charge on any atom is -0.457 e. The van der Waals surface area contributed by atoms with Gasteiger partial charge in [0.2, 0.25) is 0 Å². The number of pyridine rings is 2. The zero-order valence-electron chi connectivity index (χ0n) is 20.7. The van der Waals surface area contributed by atoms with E-state index in [0.29, 0.717) is 29.2 Å². The van der Waals surface area contributed by atoms with E-state index in [1.54, 1.807) is 30.5 Å². The van der Waals surface area contributed by atoms with Crippen LogP contribution in [0.2, 0.25) is 0 Å². The molecule has 0 saturated carbocycles. The lowest BCUT2D eigenvalue weighted by Crippen LogP contribution is -2.42. The number of carbonyl (C=O) groups excluding carboxylic acids is 2. The minimum atomic E-state index is -0.624. The zero-order chi connectivity index (χ0) is 26.2. The summed E-state index contributed by atoms with van der Waals surface area (Å²) in [5, 5.41) is 2.87. The summed E-state index contributed by atoms with van der Waals surface area (Å²) in [5.41, 5.74) is 2.62. The summed E-state index contributed by atoms with van der Waals surface area (Å²) in [6.07, 6.45) is 3.70. The molecule has 0 spiro atoms. The van der Waals surface area contributed by atoms with Gasteiger partial charge < -0.3 is 10.1 Å². The Morgan fingerprint density at radius 3 is 2.27 bits per heavy atom. The highest BCUT2D eigenvalue weighted by molar-refractivity contribution is 5.98. The third kappa shape index (κ3) is 7.30. The molecular formula is C30H28FN3O3. The Bertz CT molecular complexity index is 1340. The molecule has 0 aliphatic carbocycles. The molecule has 7 heteroatoms. The molecule has 1 atom stereocenters. The van der Waals surface area contributed by atoms with Crippen LogP contribution in [0.25, 0.3) is 11.3 Å². The van der Waals surface area contributed by atoms with Crippen LogP contribution in [-0.4, -0.2) is 27.7 Å². The summed E-state index contributed by atoms with van der Waals surface area (Å²) in [6, 6.07) is 21.5. The fraction of sp³-hybridized carbons (Fsp3) is 0.200. The number of amides is 1. The number of carbonyl (C=O) groups is 2. The highest BCUT2D eigenvalue weighted by Gasteiger charge is 2.23. The normalized spacial score (nSPS) is 11.7. The predicted molar refractivity (Wildman–Crippen MR) is 140 cm³/mol. The molecule has 0 aliphatic heterocycles. The molecule has 4 aromatic rings. The van der Waals surface area contributed by atoms with Crippen LogP contribution in [-0.2, 0) is 11.2 Å². The van der Waals surface area contributed by atoms with Gasteiger partial charge >= 0.3 is 0 Å². The molecule has 2 aromatic heterocycles. The van der Waals surface area contributed by atoms with E-state index in [9.17, 15) is 14.0 Å². The Hall–Kier alpha value is -4.39. The number of Topliss-reactive ketones (excluding diaryl/α,β-unsaturated/α-hetero) is 1. The fourth-order valence-corrected chi connectivity index (χ4v) is 3.85. The molecule has 1 amide bonds. The van der Waals surface area contributed by atoms with E-state index in [2.05, 4.69) is 15.3 Å². The Labute approximate surface area is 215 Å². The lowest BCUT2D eigenvalue weighted by molar-refractivity contribution is -0.120. The van der Waals surface area contributed by atoms with Gasteiger partial charge in [0.15, 0.2) is 5.78 Å². The average Bonchev–Trinajstić information content (AvgIpc) is 2.90. The van der Waals surface area contributed by atoms with Gasteiger partial charge in [0.1, 0.15) is 17.3 Å². The molecule has 1 N–H and O–H groups in total. The van der Waals surface area contributed by atoms with E-state index in [1.807, 2.05) is 56.3 Å². The van der Waals surface area contributed by atoms with E-state index in [4.69, 9.17) is 4.74 Å². The first-order valence-corrected chi connectivity index (χ1v) is 12.1. The monoisotopic (exact) mass is 497 g/mol. The molecule has 2 aromatic carbocycles. The molecule has 6 nitrogen and oxygen atoms in total. The second-order valence-corrected chi connectivity index (χ2v) is 9.13. The van der Waals surface area contributed by atoms with E-state index in [-0.39, 0.29) is 29.8 Å². The number of hydrogen-bond acceptors (Lipinski definition) is 5. The topological polar surface area (TPSA) is 81.2 Å². The van der Waals surface area contributed by atoms with E-state index >= 15 is 0 Å². The molecule has 0 unspecified atom stereocenters. The molecule has 37 heavy (non-hydrogen) atoms. The smallest absolute Gasteiger partial charge is 0.253 e. The van der Waals surface area contributed by atoms with Crippen molar-refractivity contribution in [2.75, 3.05) is 0 Å². The van der Waals surface area contributed by atoms with Crippen molar-refractivity contribution >= 4 is 11.7 Å². The zero-order valence-corrected chi connectivity index (χ0v) is 20.7. The standard InChI is InChI=1S/C30H28FN3O3/c1-20(2)17-28(34-30(36)22-5-4-16-32-19-22)29(35)18-24-6-3-7-27(33-24)21-8-12-25(13-9-21)37-26-14-10-23(31)11-15-26/h3-16,19-20,28H,17-18H2,1-2H3,(H,34,36)/t28-/m0/s1. The van der Waals surface area contributed by atoms with E-state index < -0.39 is 6.04 Å². The third-order valence-corrected chi connectivity index (χ3v) is 5.69. The van der Waals surface area contributed by atoms with Crippen LogP contribution in [0.1, 0.15) is 36.3 Å². The molecule has 0 bridgehead atoms. The lowest BCUT2D eigenvalue weighted by atomic mass is 9.97. The van der Waals surface area contributed by atoms with Gasteiger partial charge in [-0.15, -0.1) is 0 Å². The van der Waals surface area contributed by atoms with Crippen molar-refractivity contribution in [3.8, 4) is 22.8 Å². The van der Waals surface area contributed by atoms with Crippen LogP contribution < -0.4 is 10.1 Å². The Morgan fingerprint density at radius 2 is 1.62 bits per heavy atom. The first-order chi connectivity index (χ1) is 17.9. The summed E-state index contributed by atoms with van der Waals surface area (Å²) in [6.45, 7) is 4.03. The Morgan fingerprint density at radius 1 is 0.919 bits per heavy atom. The average molecular weight is 498 g/mol. The first kappa shape index (κ1) is 25.7. The number of halogens is 1. The molecule has 188 valence electrons. The number of hydrogen-bond donors (Lipinski definition) is 1. The Kier molecular flexibility index (Phi) is 8.36. The molecule has 0 aliphatic rings. The molecule has 4 rings (SSSR count). The van der Waals surface area contributed by atoms with E-state index in [0.717, 1.165) is 11.3 Å². The van der Waals surface area contributed by atoms with Gasteiger partial charge in [-0.05, 0) is 85.1 Å². The number of rotatable bonds is 10. The number of nitrogens with zero attached hydrogens (tertiary/aromatic N) is 2. The molecule has 2 heterocycles. The number of aromatic nitrogens is 2. The molecule has 0 fully saturated rings. The van der Waals surface area contributed by atoms with Gasteiger partial charge in [0.05, 0.1) is 23.7 Å². The maximum atomic E-state index is 13.2. The van der Waals surface area contributed by atoms with Crippen molar-refractivity contribution in [1.82, 2.24) is 15.3 Å². The third-order valence-electron chi connectivity index (χ3n) is 5.69. The van der Waals surface area contributed by atoms with Crippen LogP contribution in [0.15, 0.2) is 91.3 Å². The van der Waals surface area contributed by atoms with Crippen LogP contribution in [0.4, 0.5) is 4.39 Å². The van der Waals surface area contributed by atoms with Crippen molar-refractivity contribution in [1.29, 1.82) is 0 Å². The van der Waals surface area contributed by atoms with Gasteiger partial charge in [0, 0.05) is 23.7 Å². The van der Waals surface area contributed by atoms with Crippen LogP contribution in [0.3, 0.4) is 0 Å². The van der Waals surface area contributed by atoms with Gasteiger partial charge in [-0.3, -0.25) is 19.6 Å². The number of ether oxygens (including phenoxy) is 1. The first-order valence-electron chi connectivity index (χ1n) is 12.1. The second-order valence-electron chi connectivity index (χ2n) is 9.13. The summed E-state index contributed by atoms with van der Waals surface area (Å²) >= 11 is 0. The molecular weight excluding hydrogens is 469 g/mol. The quantitative estimate of drug-likeness (QED) is 0.289. The SMILES string of the molecule is CC(C)C[C@H](NC(=O)c1cccnc1)C(=O)Cc1cccc(-c2ccc(Oc3ccc(F)cc3)cc2)n1. The second kappa shape index (κ2) is 12.0. The summed E-state index contributed by atoms with van der Waals surface area (Å²) in [7, 11) is 0. The van der Waals surface area contributed by atoms with Gasteiger partial charge in [0.25, 0.3) is 5.91 Å². The summed E-state index contributed by atoms with van der Waals surface area (Å²) in [5.74, 6) is 0.633. The fourth-order valence-electron chi connectivity index (χ4n) is 3.85. The maximum absolute atomic E-state index is 13.2. The highest BCUT2D eigenvalue weighted by atomic mass is 19.1.